The SMILES string of the molecule is CS(C)(C)CN=[N+]=N. The monoisotopic (exact) mass is 134 g/mol. The zero-order chi connectivity index (χ0) is 6.62. The van der Waals surface area contributed by atoms with Crippen LogP contribution in [0.4, 0.5) is 0 Å². The Bertz CT molecular complexity index is 109. The largest absolute Gasteiger partial charge is 0.224 e. The van der Waals surface area contributed by atoms with Gasteiger partial charge in [-0.3, -0.25) is 0 Å². The van der Waals surface area contributed by atoms with Crippen LogP contribution in [0.15, 0.2) is 5.11 Å². The molecule has 0 aromatic rings. The molecule has 3 nitrogen and oxygen atoms in total. The predicted octanol–water partition coefficient (Wildman–Crippen LogP) is 1.19. The van der Waals surface area contributed by atoms with Crippen LogP contribution < -0.4 is 4.91 Å². The summed E-state index contributed by atoms with van der Waals surface area (Å²) in [5.41, 5.74) is 6.35. The first-order chi connectivity index (χ1) is 3.56. The summed E-state index contributed by atoms with van der Waals surface area (Å²) in [7, 11) is -0.567. The molecule has 48 valence electrons. The fourth-order valence-corrected chi connectivity index (χ4v) is 0.606. The lowest BCUT2D eigenvalue weighted by molar-refractivity contribution is 0.943. The van der Waals surface area contributed by atoms with Crippen molar-refractivity contribution in [1.29, 1.82) is 5.53 Å². The van der Waals surface area contributed by atoms with Gasteiger partial charge in [-0.05, 0) is 18.8 Å². The topological polar surface area (TPSA) is 50.3 Å². The van der Waals surface area contributed by atoms with E-state index in [1.165, 1.54) is 0 Å². The molecule has 0 amide bonds. The number of hydrogen-bond donors (Lipinski definition) is 1. The first-order valence-corrected chi connectivity index (χ1v) is 5.28. The smallest absolute Gasteiger partial charge is 0.214 e. The van der Waals surface area contributed by atoms with E-state index in [9.17, 15) is 0 Å². The lowest BCUT2D eigenvalue weighted by atomic mass is 11.5. The summed E-state index contributed by atoms with van der Waals surface area (Å²) < 4.78 is 0. The third kappa shape index (κ3) is 5.66. The minimum atomic E-state index is -0.567. The van der Waals surface area contributed by atoms with Gasteiger partial charge in [0, 0.05) is 0 Å². The third-order valence-corrected chi connectivity index (χ3v) is 1.41. The van der Waals surface area contributed by atoms with Crippen molar-refractivity contribution in [1.82, 2.24) is 4.91 Å². The van der Waals surface area contributed by atoms with Gasteiger partial charge < -0.3 is 0 Å². The van der Waals surface area contributed by atoms with Gasteiger partial charge in [0.1, 0.15) is 10.6 Å². The minimum absolute atomic E-state index is 0.567. The van der Waals surface area contributed by atoms with Gasteiger partial charge in [-0.25, -0.2) is 10.0 Å². The lowest BCUT2D eigenvalue weighted by Crippen LogP contribution is -1.94. The second kappa shape index (κ2) is 2.84. The summed E-state index contributed by atoms with van der Waals surface area (Å²) in [6.45, 7) is 0. The van der Waals surface area contributed by atoms with Gasteiger partial charge in [0.2, 0.25) is 4.91 Å². The average molecular weight is 134 g/mol. The van der Waals surface area contributed by atoms with Gasteiger partial charge in [-0.1, -0.05) is 0 Å². The highest BCUT2D eigenvalue weighted by atomic mass is 32.3. The highest BCUT2D eigenvalue weighted by Crippen LogP contribution is 2.33. The highest BCUT2D eigenvalue weighted by Gasteiger charge is 2.03. The van der Waals surface area contributed by atoms with Crippen LogP contribution in [-0.4, -0.2) is 24.6 Å². The van der Waals surface area contributed by atoms with Gasteiger partial charge in [0.05, 0.1) is 0 Å². The van der Waals surface area contributed by atoms with E-state index in [2.05, 4.69) is 28.8 Å². The number of nitrogens with one attached hydrogen (secondary N) is 1. The number of nitrogens with zero attached hydrogens (tertiary/aromatic N) is 2. The van der Waals surface area contributed by atoms with Gasteiger partial charge in [-0.2, -0.15) is 0 Å². The molecule has 0 spiro atoms. The Hall–Kier alpha value is -0.340. The fraction of sp³-hybridized carbons (Fsp3) is 1.00. The molecule has 0 aromatic carbocycles. The molecule has 0 aliphatic heterocycles. The molecule has 1 N–H and O–H groups in total. The maximum Gasteiger partial charge on any atom is 0.214 e. The quantitative estimate of drug-likeness (QED) is 0.435. The summed E-state index contributed by atoms with van der Waals surface area (Å²) >= 11 is 0. The third-order valence-electron chi connectivity index (χ3n) is 0.516. The van der Waals surface area contributed by atoms with Crippen LogP contribution in [0.2, 0.25) is 0 Å². The molecular formula is C4H12N3S+. The van der Waals surface area contributed by atoms with E-state index in [1.807, 2.05) is 0 Å². The Morgan fingerprint density at radius 2 is 2.00 bits per heavy atom. The van der Waals surface area contributed by atoms with Crippen molar-refractivity contribution < 1.29 is 0 Å². The molecule has 0 aliphatic carbocycles. The van der Waals surface area contributed by atoms with E-state index in [0.29, 0.717) is 0 Å². The van der Waals surface area contributed by atoms with Crippen molar-refractivity contribution in [2.24, 2.45) is 5.11 Å². The van der Waals surface area contributed by atoms with Gasteiger partial charge in [0.15, 0.2) is 5.88 Å². The van der Waals surface area contributed by atoms with Crippen molar-refractivity contribution in [3.8, 4) is 0 Å². The van der Waals surface area contributed by atoms with E-state index in [0.717, 1.165) is 5.88 Å². The van der Waals surface area contributed by atoms with Crippen molar-refractivity contribution in [2.45, 2.75) is 0 Å². The molecule has 0 fully saturated rings. The van der Waals surface area contributed by atoms with E-state index in [4.69, 9.17) is 5.53 Å². The van der Waals surface area contributed by atoms with Gasteiger partial charge in [-0.15, -0.1) is 0 Å². The average Bonchev–Trinajstić information content (AvgIpc) is 1.59. The molecule has 0 saturated heterocycles. The molecule has 0 radical (unpaired) electrons. The molecule has 0 unspecified atom stereocenters. The van der Waals surface area contributed by atoms with Crippen LogP contribution in [0.25, 0.3) is 0 Å². The summed E-state index contributed by atoms with van der Waals surface area (Å²) in [6, 6.07) is 0. The Kier molecular flexibility index (Phi) is 2.72. The van der Waals surface area contributed by atoms with Crippen LogP contribution in [-0.2, 0) is 0 Å². The molecule has 4 heteroatoms. The predicted molar refractivity (Wildman–Crippen MR) is 37.5 cm³/mol. The van der Waals surface area contributed by atoms with Crippen LogP contribution in [0.5, 0.6) is 0 Å². The molecule has 0 rings (SSSR count). The second-order valence-corrected chi connectivity index (χ2v) is 6.90. The van der Waals surface area contributed by atoms with E-state index in [1.54, 1.807) is 0 Å². The van der Waals surface area contributed by atoms with Crippen molar-refractivity contribution >= 4 is 10.0 Å². The van der Waals surface area contributed by atoms with Gasteiger partial charge >= 0.3 is 0 Å². The molecule has 0 atom stereocenters. The summed E-state index contributed by atoms with van der Waals surface area (Å²) in [5, 5.41) is 3.57. The van der Waals surface area contributed by atoms with Crippen LogP contribution >= 0.6 is 10.0 Å². The molecule has 0 aliphatic rings. The standard InChI is InChI=1S/C4H12N3S/c1-8(2,3)4-6-7-5/h5H,4H2,1-3H3/q+1. The summed E-state index contributed by atoms with van der Waals surface area (Å²) in [6.07, 6.45) is 6.42. The van der Waals surface area contributed by atoms with Crippen molar-refractivity contribution in [2.75, 3.05) is 24.6 Å². The minimum Gasteiger partial charge on any atom is -0.224 e. The highest BCUT2D eigenvalue weighted by molar-refractivity contribution is 8.32. The fourth-order valence-electron chi connectivity index (χ4n) is 0.202. The maximum absolute atomic E-state index is 6.35. The zero-order valence-corrected chi connectivity index (χ0v) is 6.33. The molecule has 0 saturated carbocycles. The molecule has 0 bridgehead atoms. The molecule has 8 heavy (non-hydrogen) atoms. The second-order valence-electron chi connectivity index (χ2n) is 2.46. The van der Waals surface area contributed by atoms with E-state index >= 15 is 0 Å². The Morgan fingerprint density at radius 3 is 2.12 bits per heavy atom. The van der Waals surface area contributed by atoms with Crippen molar-refractivity contribution in [3.63, 3.8) is 0 Å². The Balaban J connectivity index is 3.55. The maximum atomic E-state index is 6.35. The first kappa shape index (κ1) is 7.66. The number of hydrogen-bond acceptors (Lipinski definition) is 2. The summed E-state index contributed by atoms with van der Waals surface area (Å²) in [5.74, 6) is 0.719. The molecule has 0 aromatic heterocycles. The van der Waals surface area contributed by atoms with E-state index in [-0.39, 0.29) is 0 Å². The van der Waals surface area contributed by atoms with E-state index < -0.39 is 10.0 Å². The molecule has 0 heterocycles. The van der Waals surface area contributed by atoms with Crippen LogP contribution in [0.1, 0.15) is 0 Å². The zero-order valence-electron chi connectivity index (χ0n) is 5.51. The Labute approximate surface area is 51.0 Å². The normalized spacial score (nSPS) is 12.4. The van der Waals surface area contributed by atoms with Crippen molar-refractivity contribution in [3.05, 3.63) is 0 Å². The lowest BCUT2D eigenvalue weighted by Gasteiger charge is -2.17. The molecular weight excluding hydrogens is 122 g/mol. The summed E-state index contributed by atoms with van der Waals surface area (Å²) in [4.78, 5) is 2.92. The number of rotatable bonds is 2. The first-order valence-electron chi connectivity index (χ1n) is 2.25. The Morgan fingerprint density at radius 1 is 1.50 bits per heavy atom. The van der Waals surface area contributed by atoms with Crippen LogP contribution in [0.3, 0.4) is 0 Å². The van der Waals surface area contributed by atoms with Crippen LogP contribution in [0, 0.1) is 5.53 Å². The van der Waals surface area contributed by atoms with Gasteiger partial charge in [0.25, 0.3) is 0 Å².